The van der Waals surface area contributed by atoms with E-state index in [1.54, 1.807) is 23.7 Å². The van der Waals surface area contributed by atoms with Crippen LogP contribution in [0.2, 0.25) is 0 Å². The number of piperidine rings is 1. The number of aromatic nitrogens is 3. The van der Waals surface area contributed by atoms with Crippen molar-refractivity contribution in [3.63, 3.8) is 0 Å². The zero-order valence-corrected chi connectivity index (χ0v) is 18.8. The monoisotopic (exact) mass is 445 g/mol. The van der Waals surface area contributed by atoms with Crippen molar-refractivity contribution >= 4 is 27.4 Å². The molecule has 1 aliphatic rings. The third kappa shape index (κ3) is 4.65. The number of likely N-dealkylation sites (tertiary alicyclic amines) is 1. The van der Waals surface area contributed by atoms with E-state index in [9.17, 15) is 5.11 Å². The van der Waals surface area contributed by atoms with Crippen molar-refractivity contribution in [2.45, 2.75) is 25.4 Å². The molecular weight excluding hydrogens is 418 g/mol. The lowest BCUT2D eigenvalue weighted by Crippen LogP contribution is -2.36. The molecular formula is C25H27N5OS. The molecule has 0 radical (unpaired) electrons. The fourth-order valence-electron chi connectivity index (χ4n) is 4.18. The number of aliphatic hydroxyl groups is 1. The van der Waals surface area contributed by atoms with Crippen molar-refractivity contribution in [3.8, 4) is 22.5 Å². The zero-order chi connectivity index (χ0) is 21.8. The number of hydrogen-bond acceptors (Lipinski definition) is 7. The van der Waals surface area contributed by atoms with Crippen molar-refractivity contribution in [2.24, 2.45) is 0 Å². The van der Waals surface area contributed by atoms with Gasteiger partial charge in [-0.2, -0.15) is 0 Å². The number of fused-ring (bicyclic) bond motifs is 1. The number of aliphatic hydroxyl groups excluding tert-OH is 1. The second-order valence-electron chi connectivity index (χ2n) is 8.19. The SMILES string of the molecule is OC1CCN(CCCNc2nc(-c3cccnc3)nc3scc(-c4ccccc4)c23)CC1. The molecule has 0 amide bonds. The molecule has 1 fully saturated rings. The summed E-state index contributed by atoms with van der Waals surface area (Å²) >= 11 is 1.65. The third-order valence-electron chi connectivity index (χ3n) is 5.94. The number of thiophene rings is 1. The molecule has 0 saturated carbocycles. The van der Waals surface area contributed by atoms with E-state index in [1.807, 2.05) is 18.2 Å². The van der Waals surface area contributed by atoms with Crippen LogP contribution in [0.25, 0.3) is 32.7 Å². The van der Waals surface area contributed by atoms with Gasteiger partial charge in [-0.15, -0.1) is 11.3 Å². The van der Waals surface area contributed by atoms with Crippen LogP contribution >= 0.6 is 11.3 Å². The molecule has 1 aliphatic heterocycles. The molecule has 1 saturated heterocycles. The predicted molar refractivity (Wildman–Crippen MR) is 131 cm³/mol. The summed E-state index contributed by atoms with van der Waals surface area (Å²) in [5, 5.41) is 16.6. The molecule has 4 heterocycles. The summed E-state index contributed by atoms with van der Waals surface area (Å²) in [5.74, 6) is 1.57. The maximum atomic E-state index is 9.71. The Hall–Kier alpha value is -2.87. The number of nitrogens with zero attached hydrogens (tertiary/aromatic N) is 4. The molecule has 7 heteroatoms. The smallest absolute Gasteiger partial charge is 0.164 e. The van der Waals surface area contributed by atoms with E-state index in [1.165, 1.54) is 5.56 Å². The van der Waals surface area contributed by atoms with E-state index in [-0.39, 0.29) is 6.10 Å². The van der Waals surface area contributed by atoms with Gasteiger partial charge >= 0.3 is 0 Å². The highest BCUT2D eigenvalue weighted by Crippen LogP contribution is 2.38. The molecule has 0 atom stereocenters. The van der Waals surface area contributed by atoms with Gasteiger partial charge in [-0.3, -0.25) is 4.98 Å². The summed E-state index contributed by atoms with van der Waals surface area (Å²) in [7, 11) is 0. The number of hydrogen-bond donors (Lipinski definition) is 2. The van der Waals surface area contributed by atoms with Gasteiger partial charge in [0, 0.05) is 48.5 Å². The van der Waals surface area contributed by atoms with Crippen molar-refractivity contribution < 1.29 is 5.11 Å². The van der Waals surface area contributed by atoms with Gasteiger partial charge in [0.2, 0.25) is 0 Å². The van der Waals surface area contributed by atoms with Gasteiger partial charge in [-0.1, -0.05) is 30.3 Å². The lowest BCUT2D eigenvalue weighted by molar-refractivity contribution is 0.0825. The Balaban J connectivity index is 1.41. The maximum Gasteiger partial charge on any atom is 0.164 e. The summed E-state index contributed by atoms with van der Waals surface area (Å²) in [5.41, 5.74) is 3.25. The van der Waals surface area contributed by atoms with Gasteiger partial charge in [0.15, 0.2) is 5.82 Å². The van der Waals surface area contributed by atoms with E-state index in [4.69, 9.17) is 9.97 Å². The topological polar surface area (TPSA) is 74.2 Å². The predicted octanol–water partition coefficient (Wildman–Crippen LogP) is 4.68. The van der Waals surface area contributed by atoms with Crippen LogP contribution in [0.1, 0.15) is 19.3 Å². The fourth-order valence-corrected chi connectivity index (χ4v) is 5.12. The van der Waals surface area contributed by atoms with Crippen molar-refractivity contribution in [2.75, 3.05) is 31.5 Å². The van der Waals surface area contributed by atoms with E-state index >= 15 is 0 Å². The zero-order valence-electron chi connectivity index (χ0n) is 17.9. The van der Waals surface area contributed by atoms with Crippen LogP contribution in [0, 0.1) is 0 Å². The van der Waals surface area contributed by atoms with Gasteiger partial charge < -0.3 is 15.3 Å². The number of anilines is 1. The highest BCUT2D eigenvalue weighted by molar-refractivity contribution is 7.17. The first-order valence-corrected chi connectivity index (χ1v) is 12.1. The standard InChI is InChI=1S/C25H27N5OS/c31-20-9-14-30(15-10-20)13-5-12-27-24-22-21(18-6-2-1-3-7-18)17-32-25(22)29-23(28-24)19-8-4-11-26-16-19/h1-4,6-8,11,16-17,20,31H,5,9-10,12-15H2,(H,27,28,29). The summed E-state index contributed by atoms with van der Waals surface area (Å²) in [6.45, 7) is 3.82. The second-order valence-corrected chi connectivity index (χ2v) is 9.04. The van der Waals surface area contributed by atoms with Crippen molar-refractivity contribution in [1.29, 1.82) is 0 Å². The van der Waals surface area contributed by atoms with E-state index in [0.29, 0.717) is 5.82 Å². The molecule has 0 unspecified atom stereocenters. The lowest BCUT2D eigenvalue weighted by Gasteiger charge is -2.29. The number of rotatable bonds is 7. The van der Waals surface area contributed by atoms with E-state index in [2.05, 4.69) is 44.8 Å². The van der Waals surface area contributed by atoms with Crippen molar-refractivity contribution in [3.05, 3.63) is 60.2 Å². The molecule has 0 spiro atoms. The summed E-state index contributed by atoms with van der Waals surface area (Å²) in [6.07, 6.45) is 6.22. The Morgan fingerprint density at radius 1 is 1.03 bits per heavy atom. The minimum atomic E-state index is -0.125. The molecule has 4 aromatic rings. The molecule has 164 valence electrons. The third-order valence-corrected chi connectivity index (χ3v) is 6.81. The summed E-state index contributed by atoms with van der Waals surface area (Å²) in [4.78, 5) is 17.4. The van der Waals surface area contributed by atoms with Gasteiger partial charge in [-0.25, -0.2) is 9.97 Å². The minimum absolute atomic E-state index is 0.125. The van der Waals surface area contributed by atoms with Crippen LogP contribution in [-0.4, -0.2) is 57.2 Å². The largest absolute Gasteiger partial charge is 0.393 e. The highest BCUT2D eigenvalue weighted by Gasteiger charge is 2.18. The Bertz CT molecular complexity index is 1160. The average molecular weight is 446 g/mol. The first-order valence-electron chi connectivity index (χ1n) is 11.2. The molecule has 1 aromatic carbocycles. The van der Waals surface area contributed by atoms with Gasteiger partial charge in [0.25, 0.3) is 0 Å². The molecule has 3 aromatic heterocycles. The van der Waals surface area contributed by atoms with Crippen LogP contribution in [0.15, 0.2) is 60.2 Å². The van der Waals surface area contributed by atoms with Crippen LogP contribution in [0.4, 0.5) is 5.82 Å². The van der Waals surface area contributed by atoms with Crippen LogP contribution in [0.3, 0.4) is 0 Å². The molecule has 6 nitrogen and oxygen atoms in total. The van der Waals surface area contributed by atoms with Crippen LogP contribution in [-0.2, 0) is 0 Å². The lowest BCUT2D eigenvalue weighted by atomic mass is 10.1. The maximum absolute atomic E-state index is 9.71. The van der Waals surface area contributed by atoms with E-state index in [0.717, 1.165) is 72.6 Å². The Morgan fingerprint density at radius 3 is 2.62 bits per heavy atom. The van der Waals surface area contributed by atoms with E-state index < -0.39 is 0 Å². The highest BCUT2D eigenvalue weighted by atomic mass is 32.1. The van der Waals surface area contributed by atoms with Gasteiger partial charge in [-0.05, 0) is 43.5 Å². The second kappa shape index (κ2) is 9.73. The molecule has 2 N–H and O–H groups in total. The van der Waals surface area contributed by atoms with Gasteiger partial charge in [0.1, 0.15) is 10.6 Å². The Kier molecular flexibility index (Phi) is 6.39. The molecule has 5 rings (SSSR count). The summed E-state index contributed by atoms with van der Waals surface area (Å²) < 4.78 is 0. The number of nitrogens with one attached hydrogen (secondary N) is 1. The number of pyridine rings is 1. The Morgan fingerprint density at radius 2 is 1.84 bits per heavy atom. The molecule has 32 heavy (non-hydrogen) atoms. The van der Waals surface area contributed by atoms with Crippen molar-refractivity contribution in [1.82, 2.24) is 19.9 Å². The van der Waals surface area contributed by atoms with Crippen LogP contribution in [0.5, 0.6) is 0 Å². The average Bonchev–Trinajstić information content (AvgIpc) is 3.28. The Labute approximate surface area is 192 Å². The number of benzene rings is 1. The van der Waals surface area contributed by atoms with Crippen LogP contribution < -0.4 is 5.32 Å². The molecule has 0 bridgehead atoms. The first kappa shape index (κ1) is 21.0. The normalized spacial score (nSPS) is 15.3. The summed E-state index contributed by atoms with van der Waals surface area (Å²) in [6, 6.07) is 14.3. The first-order chi connectivity index (χ1) is 15.8. The van der Waals surface area contributed by atoms with Gasteiger partial charge in [0.05, 0.1) is 11.5 Å². The minimum Gasteiger partial charge on any atom is -0.393 e. The quantitative estimate of drug-likeness (QED) is 0.403. The molecule has 0 aliphatic carbocycles. The fraction of sp³-hybridized carbons (Fsp3) is 0.320.